The quantitative estimate of drug-likeness (QED) is 0.516. The molecule has 21 heavy (non-hydrogen) atoms. The molecule has 7 heteroatoms. The van der Waals surface area contributed by atoms with Gasteiger partial charge in [0.15, 0.2) is 0 Å². The van der Waals surface area contributed by atoms with E-state index in [1.54, 1.807) is 6.92 Å². The largest absolute Gasteiger partial charge is 0.345 e. The molecule has 0 saturated carbocycles. The van der Waals surface area contributed by atoms with Gasteiger partial charge in [-0.05, 0) is 38.6 Å². The van der Waals surface area contributed by atoms with Crippen molar-refractivity contribution >= 4 is 17.7 Å². The summed E-state index contributed by atoms with van der Waals surface area (Å²) in [5.74, 6) is -0.987. The Morgan fingerprint density at radius 3 is 2.57 bits per heavy atom. The van der Waals surface area contributed by atoms with Gasteiger partial charge in [-0.2, -0.15) is 0 Å². The predicted octanol–water partition coefficient (Wildman–Crippen LogP) is -0.739. The minimum absolute atomic E-state index is 0.248. The van der Waals surface area contributed by atoms with Crippen LogP contribution in [0.4, 0.5) is 0 Å². The van der Waals surface area contributed by atoms with E-state index in [0.29, 0.717) is 6.42 Å². The highest BCUT2D eigenvalue weighted by Crippen LogP contribution is 2.13. The van der Waals surface area contributed by atoms with Gasteiger partial charge in [-0.15, -0.1) is 0 Å². The first-order valence-corrected chi connectivity index (χ1v) is 7.36. The van der Waals surface area contributed by atoms with E-state index in [-0.39, 0.29) is 24.4 Å². The van der Waals surface area contributed by atoms with E-state index in [1.165, 1.54) is 0 Å². The lowest BCUT2D eigenvalue weighted by molar-refractivity contribution is -0.133. The Balaban J connectivity index is 2.35. The van der Waals surface area contributed by atoms with Crippen molar-refractivity contribution in [3.63, 3.8) is 0 Å². The lowest BCUT2D eigenvalue weighted by Crippen LogP contribution is -2.54. The molecule has 3 amide bonds. The Labute approximate surface area is 125 Å². The van der Waals surface area contributed by atoms with Crippen molar-refractivity contribution in [2.24, 2.45) is 11.7 Å². The summed E-state index contributed by atoms with van der Waals surface area (Å²) in [5, 5.41) is 7.75. The minimum Gasteiger partial charge on any atom is -0.345 e. The molecule has 1 fully saturated rings. The fraction of sp³-hybridized carbons (Fsp3) is 0.786. The molecule has 0 aromatic rings. The molecule has 1 aliphatic heterocycles. The fourth-order valence-electron chi connectivity index (χ4n) is 2.48. The molecular formula is C14H26N4O3. The first-order valence-electron chi connectivity index (χ1n) is 7.36. The van der Waals surface area contributed by atoms with E-state index < -0.39 is 17.4 Å². The summed E-state index contributed by atoms with van der Waals surface area (Å²) < 4.78 is 0. The van der Waals surface area contributed by atoms with Crippen molar-refractivity contribution in [2.45, 2.75) is 51.6 Å². The van der Waals surface area contributed by atoms with Crippen molar-refractivity contribution in [1.82, 2.24) is 16.0 Å². The highest BCUT2D eigenvalue weighted by molar-refractivity contribution is 6.00. The summed E-state index contributed by atoms with van der Waals surface area (Å²) in [5.41, 5.74) is 4.91. The van der Waals surface area contributed by atoms with Crippen LogP contribution < -0.4 is 21.7 Å². The highest BCUT2D eigenvalue weighted by atomic mass is 16.2. The monoisotopic (exact) mass is 298 g/mol. The zero-order valence-electron chi connectivity index (χ0n) is 13.0. The van der Waals surface area contributed by atoms with E-state index in [0.717, 1.165) is 19.4 Å². The van der Waals surface area contributed by atoms with Gasteiger partial charge in [0.2, 0.25) is 17.7 Å². The number of carbonyl (C=O) groups excluding carboxylic acids is 3. The van der Waals surface area contributed by atoms with Crippen LogP contribution in [0, 0.1) is 5.92 Å². The zero-order chi connectivity index (χ0) is 16.0. The maximum atomic E-state index is 11.9. The van der Waals surface area contributed by atoms with Crippen LogP contribution in [0.3, 0.4) is 0 Å². The van der Waals surface area contributed by atoms with Crippen molar-refractivity contribution < 1.29 is 14.4 Å². The van der Waals surface area contributed by atoms with E-state index in [4.69, 9.17) is 5.73 Å². The number of rotatable bonds is 6. The van der Waals surface area contributed by atoms with Crippen LogP contribution in [0.1, 0.15) is 40.0 Å². The Morgan fingerprint density at radius 1 is 1.38 bits per heavy atom. The molecule has 0 aromatic heterocycles. The van der Waals surface area contributed by atoms with E-state index in [1.807, 2.05) is 13.8 Å². The summed E-state index contributed by atoms with van der Waals surface area (Å²) in [6.45, 7) is 6.11. The van der Waals surface area contributed by atoms with Crippen LogP contribution in [0.15, 0.2) is 0 Å². The first kappa shape index (κ1) is 17.6. The van der Waals surface area contributed by atoms with Gasteiger partial charge in [0.1, 0.15) is 0 Å². The molecule has 2 atom stereocenters. The number of imide groups is 1. The van der Waals surface area contributed by atoms with Crippen molar-refractivity contribution in [3.8, 4) is 0 Å². The molecule has 0 radical (unpaired) electrons. The van der Waals surface area contributed by atoms with Crippen molar-refractivity contribution in [1.29, 1.82) is 0 Å². The topological polar surface area (TPSA) is 113 Å². The summed E-state index contributed by atoms with van der Waals surface area (Å²) in [7, 11) is 0. The van der Waals surface area contributed by atoms with Crippen LogP contribution in [0.2, 0.25) is 0 Å². The average molecular weight is 298 g/mol. The summed E-state index contributed by atoms with van der Waals surface area (Å²) in [6.07, 6.45) is 2.16. The molecule has 0 aliphatic carbocycles. The zero-order valence-corrected chi connectivity index (χ0v) is 13.0. The van der Waals surface area contributed by atoms with Crippen LogP contribution in [0.25, 0.3) is 0 Å². The molecular weight excluding hydrogens is 272 g/mol. The number of nitrogens with two attached hydrogens (primary N) is 1. The number of nitrogens with one attached hydrogen (secondary N) is 3. The number of amides is 3. The van der Waals surface area contributed by atoms with Crippen LogP contribution in [0.5, 0.6) is 0 Å². The summed E-state index contributed by atoms with van der Waals surface area (Å²) >= 11 is 0. The fourth-order valence-corrected chi connectivity index (χ4v) is 2.48. The second-order valence-electron chi connectivity index (χ2n) is 6.26. The molecule has 1 saturated heterocycles. The molecule has 5 N–H and O–H groups in total. The van der Waals surface area contributed by atoms with Crippen molar-refractivity contribution in [3.05, 3.63) is 0 Å². The van der Waals surface area contributed by atoms with Gasteiger partial charge < -0.3 is 16.4 Å². The standard InChI is InChI=1S/C14H26N4O3/c1-9(2)7-14(3,15)13(21)17-8-11(19)18-12(20)10-5-4-6-16-10/h9-10,16H,4-8,15H2,1-3H3,(H,17,21)(H,18,19,20)/t10-,14-/m1/s1. The Hall–Kier alpha value is -1.47. The molecule has 1 heterocycles. The maximum Gasteiger partial charge on any atom is 0.245 e. The predicted molar refractivity (Wildman–Crippen MR) is 79.2 cm³/mol. The van der Waals surface area contributed by atoms with Crippen LogP contribution in [-0.4, -0.2) is 42.4 Å². The highest BCUT2D eigenvalue weighted by Gasteiger charge is 2.29. The van der Waals surface area contributed by atoms with Gasteiger partial charge in [-0.25, -0.2) is 0 Å². The normalized spacial score (nSPS) is 20.9. The molecule has 0 unspecified atom stereocenters. The molecule has 0 bridgehead atoms. The van der Waals surface area contributed by atoms with Gasteiger partial charge in [0.05, 0.1) is 18.1 Å². The third-order valence-electron chi connectivity index (χ3n) is 3.40. The number of hydrogen-bond acceptors (Lipinski definition) is 5. The second-order valence-corrected chi connectivity index (χ2v) is 6.26. The Morgan fingerprint density at radius 2 is 2.05 bits per heavy atom. The average Bonchev–Trinajstić information content (AvgIpc) is 2.88. The molecule has 7 nitrogen and oxygen atoms in total. The van der Waals surface area contributed by atoms with Gasteiger partial charge in [-0.1, -0.05) is 13.8 Å². The Kier molecular flexibility index (Phi) is 6.29. The molecule has 120 valence electrons. The van der Waals surface area contributed by atoms with Crippen molar-refractivity contribution in [2.75, 3.05) is 13.1 Å². The third-order valence-corrected chi connectivity index (χ3v) is 3.40. The van der Waals surface area contributed by atoms with Gasteiger partial charge >= 0.3 is 0 Å². The van der Waals surface area contributed by atoms with Crippen LogP contribution in [-0.2, 0) is 14.4 Å². The molecule has 0 spiro atoms. The molecule has 1 rings (SSSR count). The molecule has 1 aliphatic rings. The summed E-state index contributed by atoms with van der Waals surface area (Å²) in [6, 6.07) is -0.314. The SMILES string of the molecule is CC(C)C[C@@](C)(N)C(=O)NCC(=O)NC(=O)[C@H]1CCCN1. The van der Waals surface area contributed by atoms with E-state index in [2.05, 4.69) is 16.0 Å². The van der Waals surface area contributed by atoms with E-state index in [9.17, 15) is 14.4 Å². The van der Waals surface area contributed by atoms with Crippen LogP contribution >= 0.6 is 0 Å². The smallest absolute Gasteiger partial charge is 0.245 e. The van der Waals surface area contributed by atoms with E-state index >= 15 is 0 Å². The lowest BCUT2D eigenvalue weighted by atomic mass is 9.91. The third kappa shape index (κ3) is 5.81. The lowest BCUT2D eigenvalue weighted by Gasteiger charge is -2.25. The second kappa shape index (κ2) is 7.51. The van der Waals surface area contributed by atoms with Gasteiger partial charge in [-0.3, -0.25) is 19.7 Å². The maximum absolute atomic E-state index is 11.9. The number of hydrogen-bond donors (Lipinski definition) is 4. The number of carbonyl (C=O) groups is 3. The minimum atomic E-state index is -1.02. The van der Waals surface area contributed by atoms with Gasteiger partial charge in [0.25, 0.3) is 0 Å². The molecule has 0 aromatic carbocycles. The van der Waals surface area contributed by atoms with Gasteiger partial charge in [0, 0.05) is 0 Å². The first-order chi connectivity index (χ1) is 9.72. The Bertz CT molecular complexity index is 401. The summed E-state index contributed by atoms with van der Waals surface area (Å²) in [4.78, 5) is 35.3.